The number of pyridine rings is 1. The molecule has 3 fully saturated rings. The van der Waals surface area contributed by atoms with Gasteiger partial charge in [0, 0.05) is 68.9 Å². The van der Waals surface area contributed by atoms with Crippen LogP contribution in [0.4, 0.5) is 14.4 Å². The van der Waals surface area contributed by atoms with Crippen molar-refractivity contribution >= 4 is 46.1 Å². The lowest BCUT2D eigenvalue weighted by Crippen LogP contribution is -2.59. The number of benzene rings is 2. The summed E-state index contributed by atoms with van der Waals surface area (Å²) < 4.78 is 23.9. The van der Waals surface area contributed by atoms with Crippen molar-refractivity contribution < 1.29 is 38.1 Å². The number of piperidine rings is 2. The van der Waals surface area contributed by atoms with E-state index in [-0.39, 0.29) is 49.9 Å². The van der Waals surface area contributed by atoms with Crippen molar-refractivity contribution in [2.75, 3.05) is 72.6 Å². The fourth-order valence-electron chi connectivity index (χ4n) is 9.27. The van der Waals surface area contributed by atoms with Crippen LogP contribution in [0.1, 0.15) is 87.8 Å². The van der Waals surface area contributed by atoms with Gasteiger partial charge in [-0.3, -0.25) is 19.1 Å². The quantitative estimate of drug-likeness (QED) is 0.0997. The Bertz CT molecular complexity index is 2320. The van der Waals surface area contributed by atoms with Crippen molar-refractivity contribution in [3.05, 3.63) is 75.7 Å². The third-order valence-corrected chi connectivity index (χ3v) is 13.1. The monoisotopic (exact) mass is 898 g/mol. The van der Waals surface area contributed by atoms with E-state index in [1.54, 1.807) is 15.8 Å². The average molecular weight is 899 g/mol. The molecule has 5 heterocycles. The number of para-hydroxylation sites is 1. The Morgan fingerprint density at radius 3 is 2.11 bits per heavy atom. The van der Waals surface area contributed by atoms with Gasteiger partial charge < -0.3 is 39.0 Å². The fraction of sp³-hybridized carbons (Fsp3) is 0.583. The van der Waals surface area contributed by atoms with Gasteiger partial charge in [0.1, 0.15) is 6.04 Å². The third kappa shape index (κ3) is 12.2. The van der Waals surface area contributed by atoms with Crippen LogP contribution in [-0.4, -0.2) is 143 Å². The molecule has 0 saturated carbocycles. The second-order valence-corrected chi connectivity index (χ2v) is 17.7. The standard InChI is InChI=1S/C48H66N8O9/c1-5-7-25-62-47(60)64-32-55-31-38-28-35(27-34(3)43(38)50-55)29-41(45(58)53-23-21-52(22-24-53)39-15-17-51(4)18-16-39)49-46(59)54-19-13-36(14-20-54)40-30-37-11-9-10-12-42(37)56(44(40)57)33-65-48(61)63-26-8-6-2/h9-12,27-28,30-31,36,39,41H,5-8,13-26,29,32-33H2,1-4H3,(H,49,59). The number of nitrogens with zero attached hydrogens (tertiary/aromatic N) is 7. The van der Waals surface area contributed by atoms with Gasteiger partial charge in [0.05, 0.1) is 24.2 Å². The van der Waals surface area contributed by atoms with E-state index >= 15 is 0 Å². The SMILES string of the molecule is CCCCOC(=O)OCn1cc2cc(CC(NC(=O)N3CCC(c4cc5ccccc5n(COC(=O)OCCCC)c4=O)CC3)C(=O)N3CCN(C4CCN(C)CC4)CC3)cc(C)c2n1. The Morgan fingerprint density at radius 1 is 0.769 bits per heavy atom. The van der Waals surface area contributed by atoms with Crippen molar-refractivity contribution in [3.63, 3.8) is 0 Å². The highest BCUT2D eigenvalue weighted by Gasteiger charge is 2.34. The normalized spacial score (nSPS) is 17.3. The van der Waals surface area contributed by atoms with E-state index in [9.17, 15) is 24.0 Å². The molecule has 17 nitrogen and oxygen atoms in total. The topological polar surface area (TPSA) is 170 Å². The van der Waals surface area contributed by atoms with Crippen molar-refractivity contribution in [2.24, 2.45) is 0 Å². The number of carbonyl (C=O) groups is 4. The minimum atomic E-state index is -0.829. The molecule has 3 amide bonds. The Morgan fingerprint density at radius 2 is 1.43 bits per heavy atom. The molecule has 352 valence electrons. The molecular weight excluding hydrogens is 833 g/mol. The molecule has 0 spiro atoms. The number of amides is 3. The smallest absolute Gasteiger partial charge is 0.434 e. The maximum Gasteiger partial charge on any atom is 0.510 e. The number of hydrogen-bond acceptors (Lipinski definition) is 12. The lowest BCUT2D eigenvalue weighted by molar-refractivity contribution is -0.135. The first-order valence-corrected chi connectivity index (χ1v) is 23.5. The second kappa shape index (κ2) is 22.5. The Kier molecular flexibility index (Phi) is 16.4. The number of piperazine rings is 1. The van der Waals surface area contributed by atoms with Crippen LogP contribution in [0.5, 0.6) is 0 Å². The van der Waals surface area contributed by atoms with Crippen LogP contribution in [0.25, 0.3) is 21.8 Å². The summed E-state index contributed by atoms with van der Waals surface area (Å²) in [6, 6.07) is 12.7. The predicted octanol–water partition coefficient (Wildman–Crippen LogP) is 6.22. The number of hydrogen-bond donors (Lipinski definition) is 1. The van der Waals surface area contributed by atoms with Crippen LogP contribution in [0.2, 0.25) is 0 Å². The molecule has 3 aliphatic heterocycles. The molecule has 3 saturated heterocycles. The van der Waals surface area contributed by atoms with E-state index < -0.39 is 18.4 Å². The Balaban J connectivity index is 1.04. The summed E-state index contributed by atoms with van der Waals surface area (Å²) in [7, 11) is 2.16. The molecule has 17 heteroatoms. The van der Waals surface area contributed by atoms with E-state index in [1.165, 1.54) is 4.57 Å². The van der Waals surface area contributed by atoms with Gasteiger partial charge in [-0.15, -0.1) is 0 Å². The molecule has 4 aromatic rings. The molecule has 1 unspecified atom stereocenters. The van der Waals surface area contributed by atoms with Gasteiger partial charge in [0.15, 0.2) is 13.5 Å². The fourth-order valence-corrected chi connectivity index (χ4v) is 9.27. The molecular formula is C48H66N8O9. The summed E-state index contributed by atoms with van der Waals surface area (Å²) in [4.78, 5) is 75.6. The van der Waals surface area contributed by atoms with Crippen LogP contribution in [-0.2, 0) is 43.6 Å². The zero-order valence-corrected chi connectivity index (χ0v) is 38.5. The summed E-state index contributed by atoms with van der Waals surface area (Å²) in [6.45, 7) is 11.8. The average Bonchev–Trinajstić information content (AvgIpc) is 3.74. The van der Waals surface area contributed by atoms with Crippen molar-refractivity contribution in [3.8, 4) is 0 Å². The molecule has 1 atom stereocenters. The zero-order valence-electron chi connectivity index (χ0n) is 38.5. The first-order chi connectivity index (χ1) is 31.5. The largest absolute Gasteiger partial charge is 0.510 e. The number of likely N-dealkylation sites (tertiary alicyclic amines) is 2. The minimum Gasteiger partial charge on any atom is -0.434 e. The molecule has 1 N–H and O–H groups in total. The van der Waals surface area contributed by atoms with Crippen LogP contribution in [0.3, 0.4) is 0 Å². The van der Waals surface area contributed by atoms with E-state index in [1.807, 2.05) is 68.1 Å². The third-order valence-electron chi connectivity index (χ3n) is 13.1. The number of fused-ring (bicyclic) bond motifs is 2. The van der Waals surface area contributed by atoms with Crippen molar-refractivity contribution in [2.45, 2.75) is 110 Å². The Hall–Kier alpha value is -5.68. The maximum atomic E-state index is 14.5. The number of aromatic nitrogens is 3. The minimum absolute atomic E-state index is 0.104. The van der Waals surface area contributed by atoms with Crippen molar-refractivity contribution in [1.29, 1.82) is 0 Å². The van der Waals surface area contributed by atoms with Gasteiger partial charge in [-0.25, -0.2) is 19.1 Å². The number of nitrogens with one attached hydrogen (secondary N) is 1. The highest BCUT2D eigenvalue weighted by Crippen LogP contribution is 2.29. The summed E-state index contributed by atoms with van der Waals surface area (Å²) >= 11 is 0. The predicted molar refractivity (Wildman–Crippen MR) is 246 cm³/mol. The summed E-state index contributed by atoms with van der Waals surface area (Å²) in [5.74, 6) is -0.252. The molecule has 2 aromatic heterocycles. The molecule has 0 radical (unpaired) electrons. The lowest BCUT2D eigenvalue weighted by atomic mass is 9.89. The molecule has 3 aliphatic rings. The number of urea groups is 1. The summed E-state index contributed by atoms with van der Waals surface area (Å²) in [5, 5.41) is 9.43. The lowest BCUT2D eigenvalue weighted by Gasteiger charge is -2.43. The first-order valence-electron chi connectivity index (χ1n) is 23.5. The number of unbranched alkanes of at least 4 members (excludes halogenated alkanes) is 2. The van der Waals surface area contributed by atoms with E-state index in [0.29, 0.717) is 62.7 Å². The van der Waals surface area contributed by atoms with Crippen LogP contribution in [0.15, 0.2) is 53.5 Å². The molecule has 0 aliphatic carbocycles. The number of aryl methyl sites for hydroxylation is 1. The number of ether oxygens (including phenoxy) is 4. The molecule has 0 bridgehead atoms. The van der Waals surface area contributed by atoms with Gasteiger partial charge in [0.25, 0.3) is 5.56 Å². The molecule has 65 heavy (non-hydrogen) atoms. The van der Waals surface area contributed by atoms with E-state index in [0.717, 1.165) is 92.1 Å². The molecule has 2 aromatic carbocycles. The van der Waals surface area contributed by atoms with E-state index in [2.05, 4.69) is 27.3 Å². The Labute approximate surface area is 380 Å². The first kappa shape index (κ1) is 47.3. The number of carbonyl (C=O) groups excluding carboxylic acids is 4. The number of rotatable bonds is 16. The second-order valence-electron chi connectivity index (χ2n) is 17.7. The van der Waals surface area contributed by atoms with Crippen LogP contribution >= 0.6 is 0 Å². The maximum absolute atomic E-state index is 14.5. The summed E-state index contributed by atoms with van der Waals surface area (Å²) in [5.41, 5.74) is 3.50. The summed E-state index contributed by atoms with van der Waals surface area (Å²) in [6.07, 6.45) is 7.08. The van der Waals surface area contributed by atoms with Gasteiger partial charge in [-0.05, 0) is 106 Å². The zero-order chi connectivity index (χ0) is 45.9. The van der Waals surface area contributed by atoms with Crippen molar-refractivity contribution in [1.82, 2.24) is 39.3 Å². The van der Waals surface area contributed by atoms with Gasteiger partial charge in [-0.2, -0.15) is 5.10 Å². The highest BCUT2D eigenvalue weighted by atomic mass is 16.7. The van der Waals surface area contributed by atoms with E-state index in [4.69, 9.17) is 18.9 Å². The van der Waals surface area contributed by atoms with Crippen LogP contribution in [0, 0.1) is 6.92 Å². The highest BCUT2D eigenvalue weighted by molar-refractivity contribution is 5.88. The van der Waals surface area contributed by atoms with Gasteiger partial charge >= 0.3 is 18.3 Å². The molecule has 7 rings (SSSR count). The van der Waals surface area contributed by atoms with Gasteiger partial charge in [-0.1, -0.05) is 51.0 Å². The van der Waals surface area contributed by atoms with Crippen LogP contribution < -0.4 is 10.9 Å². The van der Waals surface area contributed by atoms with Gasteiger partial charge in [0.2, 0.25) is 5.91 Å².